The van der Waals surface area contributed by atoms with E-state index in [-0.39, 0.29) is 11.9 Å². The van der Waals surface area contributed by atoms with Crippen LogP contribution in [0.15, 0.2) is 48.5 Å². The highest BCUT2D eigenvalue weighted by Gasteiger charge is 2.31. The Kier molecular flexibility index (Phi) is 7.57. The molecule has 0 spiro atoms. The Hall–Kier alpha value is -1.79. The molecular formula is C21H27Cl2N3O2+2. The molecule has 2 aromatic rings. The molecule has 3 rings (SSSR count). The number of carbonyl (C=O) groups excluding carboxylic acids is 1. The number of anilines is 1. The first kappa shape index (κ1) is 20.9. The van der Waals surface area contributed by atoms with Crippen LogP contribution in [0, 0.1) is 0 Å². The highest BCUT2D eigenvalue weighted by atomic mass is 35.5. The number of hydrogen-bond acceptors (Lipinski definition) is 2. The molecule has 3 N–H and O–H groups in total. The van der Waals surface area contributed by atoms with Gasteiger partial charge in [0.15, 0.2) is 6.04 Å². The highest BCUT2D eigenvalue weighted by Crippen LogP contribution is 2.22. The summed E-state index contributed by atoms with van der Waals surface area (Å²) in [7, 11) is 0. The van der Waals surface area contributed by atoms with Crippen LogP contribution in [-0.4, -0.2) is 51.3 Å². The number of amides is 1. The number of quaternary nitrogens is 2. The molecule has 0 unspecified atom stereocenters. The monoisotopic (exact) mass is 423 g/mol. The van der Waals surface area contributed by atoms with Gasteiger partial charge >= 0.3 is 0 Å². The molecule has 2 aromatic carbocycles. The number of para-hydroxylation sites is 1. The van der Waals surface area contributed by atoms with Crippen molar-refractivity contribution in [3.8, 4) is 5.75 Å². The third-order valence-corrected chi connectivity index (χ3v) is 5.64. The number of benzene rings is 2. The third kappa shape index (κ3) is 6.11. The number of ether oxygens (including phenoxy) is 1. The average molecular weight is 424 g/mol. The minimum atomic E-state index is -0.125. The maximum Gasteiger partial charge on any atom is 0.282 e. The number of carbonyl (C=O) groups is 1. The molecule has 0 saturated carbocycles. The summed E-state index contributed by atoms with van der Waals surface area (Å²) in [6.45, 7) is 7.66. The Labute approximate surface area is 176 Å². The van der Waals surface area contributed by atoms with E-state index in [2.05, 4.69) is 5.32 Å². The molecule has 1 amide bonds. The number of halogens is 2. The molecule has 28 heavy (non-hydrogen) atoms. The summed E-state index contributed by atoms with van der Waals surface area (Å²) in [5.74, 6) is 0.904. The van der Waals surface area contributed by atoms with Crippen LogP contribution < -0.4 is 19.9 Å². The topological polar surface area (TPSA) is 47.2 Å². The minimum Gasteiger partial charge on any atom is -0.488 e. The van der Waals surface area contributed by atoms with Gasteiger partial charge in [0.1, 0.15) is 45.1 Å². The predicted molar refractivity (Wildman–Crippen MR) is 113 cm³/mol. The summed E-state index contributed by atoms with van der Waals surface area (Å²) in [5.41, 5.74) is 0.635. The lowest BCUT2D eigenvalue weighted by molar-refractivity contribution is -1.02. The SMILES string of the molecule is C[C@@H](C(=O)Nc1cc(Cl)cc(Cl)c1)[NH+]1CC[NH+](CCOc2ccccc2)CC1. The molecule has 7 heteroatoms. The number of piperazine rings is 1. The molecular weight excluding hydrogens is 397 g/mol. The highest BCUT2D eigenvalue weighted by molar-refractivity contribution is 6.35. The Balaban J connectivity index is 1.41. The zero-order chi connectivity index (χ0) is 19.9. The summed E-state index contributed by atoms with van der Waals surface area (Å²) >= 11 is 12.0. The van der Waals surface area contributed by atoms with Crippen LogP contribution in [0.4, 0.5) is 5.69 Å². The van der Waals surface area contributed by atoms with E-state index in [9.17, 15) is 4.79 Å². The molecule has 1 fully saturated rings. The molecule has 1 atom stereocenters. The zero-order valence-corrected chi connectivity index (χ0v) is 17.5. The van der Waals surface area contributed by atoms with E-state index in [4.69, 9.17) is 27.9 Å². The first-order chi connectivity index (χ1) is 13.5. The van der Waals surface area contributed by atoms with Gasteiger partial charge in [-0.3, -0.25) is 4.79 Å². The number of rotatable bonds is 7. The Morgan fingerprint density at radius 3 is 2.36 bits per heavy atom. The van der Waals surface area contributed by atoms with E-state index < -0.39 is 0 Å². The first-order valence-corrected chi connectivity index (χ1v) is 10.4. The Morgan fingerprint density at radius 1 is 1.07 bits per heavy atom. The molecule has 150 valence electrons. The van der Waals surface area contributed by atoms with Crippen molar-refractivity contribution >= 4 is 34.8 Å². The van der Waals surface area contributed by atoms with Crippen LogP contribution in [-0.2, 0) is 4.79 Å². The van der Waals surface area contributed by atoms with Crippen LogP contribution in [0.3, 0.4) is 0 Å². The second-order valence-corrected chi connectivity index (χ2v) is 8.06. The lowest BCUT2D eigenvalue weighted by Crippen LogP contribution is -3.30. The van der Waals surface area contributed by atoms with E-state index >= 15 is 0 Å². The molecule has 1 saturated heterocycles. The van der Waals surface area contributed by atoms with E-state index in [1.54, 1.807) is 18.2 Å². The smallest absolute Gasteiger partial charge is 0.282 e. The van der Waals surface area contributed by atoms with Crippen molar-refractivity contribution < 1.29 is 19.3 Å². The Morgan fingerprint density at radius 2 is 1.71 bits per heavy atom. The molecule has 0 radical (unpaired) electrons. The molecule has 5 nitrogen and oxygen atoms in total. The molecule has 0 aromatic heterocycles. The second-order valence-electron chi connectivity index (χ2n) is 7.19. The number of nitrogens with one attached hydrogen (secondary N) is 3. The van der Waals surface area contributed by atoms with Crippen LogP contribution >= 0.6 is 23.2 Å². The van der Waals surface area contributed by atoms with E-state index in [1.807, 2.05) is 37.3 Å². The largest absolute Gasteiger partial charge is 0.488 e. The average Bonchev–Trinajstić information content (AvgIpc) is 2.68. The lowest BCUT2D eigenvalue weighted by Gasteiger charge is -2.32. The van der Waals surface area contributed by atoms with Crippen molar-refractivity contribution in [1.29, 1.82) is 0 Å². The Bertz CT molecular complexity index is 760. The zero-order valence-electron chi connectivity index (χ0n) is 16.0. The molecule has 1 aliphatic heterocycles. The van der Waals surface area contributed by atoms with Gasteiger partial charge in [0.05, 0.1) is 0 Å². The summed E-state index contributed by atoms with van der Waals surface area (Å²) in [5, 5.41) is 3.95. The maximum absolute atomic E-state index is 12.6. The predicted octanol–water partition coefficient (Wildman–Crippen LogP) is 1.18. The van der Waals surface area contributed by atoms with E-state index in [1.165, 1.54) is 9.80 Å². The third-order valence-electron chi connectivity index (χ3n) is 5.20. The molecule has 0 bridgehead atoms. The van der Waals surface area contributed by atoms with E-state index in [0.717, 1.165) is 38.5 Å². The standard InChI is InChI=1S/C21H25Cl2N3O2/c1-16(21(27)24-19-14-17(22)13-18(23)15-19)26-9-7-25(8-10-26)11-12-28-20-5-3-2-4-6-20/h2-6,13-16H,7-12H2,1H3,(H,24,27)/p+2/t16-/m0/s1. The van der Waals surface area contributed by atoms with Crippen LogP contribution in [0.25, 0.3) is 0 Å². The molecule has 0 aliphatic carbocycles. The first-order valence-electron chi connectivity index (χ1n) is 9.64. The van der Waals surface area contributed by atoms with Gasteiger partial charge < -0.3 is 19.9 Å². The maximum atomic E-state index is 12.6. The van der Waals surface area contributed by atoms with Crippen molar-refractivity contribution in [2.45, 2.75) is 13.0 Å². The van der Waals surface area contributed by atoms with Crippen LogP contribution in [0.1, 0.15) is 6.92 Å². The van der Waals surface area contributed by atoms with Crippen molar-refractivity contribution in [1.82, 2.24) is 0 Å². The fraction of sp³-hybridized carbons (Fsp3) is 0.381. The van der Waals surface area contributed by atoms with Crippen molar-refractivity contribution in [2.24, 2.45) is 0 Å². The fourth-order valence-electron chi connectivity index (χ4n) is 3.50. The van der Waals surface area contributed by atoms with Gasteiger partial charge in [-0.15, -0.1) is 0 Å². The van der Waals surface area contributed by atoms with Gasteiger partial charge in [0, 0.05) is 15.7 Å². The minimum absolute atomic E-state index is 0.0100. The normalized spacial score (nSPS) is 20.4. The van der Waals surface area contributed by atoms with Crippen molar-refractivity contribution in [3.05, 3.63) is 58.6 Å². The quantitative estimate of drug-likeness (QED) is 0.626. The van der Waals surface area contributed by atoms with Crippen LogP contribution in [0.2, 0.25) is 10.0 Å². The molecule has 1 heterocycles. The van der Waals surface area contributed by atoms with Gasteiger partial charge in [-0.25, -0.2) is 0 Å². The fourth-order valence-corrected chi connectivity index (χ4v) is 4.03. The van der Waals surface area contributed by atoms with Gasteiger partial charge in [-0.2, -0.15) is 0 Å². The molecule has 1 aliphatic rings. The number of hydrogen-bond donors (Lipinski definition) is 3. The van der Waals surface area contributed by atoms with Crippen molar-refractivity contribution in [2.75, 3.05) is 44.6 Å². The summed E-state index contributed by atoms with van der Waals surface area (Å²) < 4.78 is 5.79. The van der Waals surface area contributed by atoms with Gasteiger partial charge in [0.2, 0.25) is 0 Å². The lowest BCUT2D eigenvalue weighted by atomic mass is 10.2. The van der Waals surface area contributed by atoms with Crippen molar-refractivity contribution in [3.63, 3.8) is 0 Å². The van der Waals surface area contributed by atoms with Gasteiger partial charge in [-0.05, 0) is 37.3 Å². The van der Waals surface area contributed by atoms with Gasteiger partial charge in [-0.1, -0.05) is 41.4 Å². The van der Waals surface area contributed by atoms with Crippen LogP contribution in [0.5, 0.6) is 5.75 Å². The van der Waals surface area contributed by atoms with Gasteiger partial charge in [0.25, 0.3) is 5.91 Å². The second kappa shape index (κ2) is 10.1. The summed E-state index contributed by atoms with van der Waals surface area (Å²) in [6, 6.07) is 14.8. The van der Waals surface area contributed by atoms with E-state index in [0.29, 0.717) is 22.3 Å². The summed E-state index contributed by atoms with van der Waals surface area (Å²) in [6.07, 6.45) is 0. The summed E-state index contributed by atoms with van der Waals surface area (Å²) in [4.78, 5) is 15.4.